The molecule has 1 saturated heterocycles. The highest BCUT2D eigenvalue weighted by atomic mass is 16.3. The van der Waals surface area contributed by atoms with Crippen LogP contribution in [0.2, 0.25) is 0 Å². The van der Waals surface area contributed by atoms with Crippen LogP contribution in [-0.2, 0) is 6.54 Å². The topological polar surface area (TPSA) is 55.7 Å². The van der Waals surface area contributed by atoms with Gasteiger partial charge in [-0.1, -0.05) is 13.0 Å². The van der Waals surface area contributed by atoms with Gasteiger partial charge in [0.2, 0.25) is 0 Å². The van der Waals surface area contributed by atoms with Gasteiger partial charge in [0.15, 0.2) is 11.5 Å². The third-order valence-corrected chi connectivity index (χ3v) is 3.53. The molecule has 1 aromatic carbocycles. The van der Waals surface area contributed by atoms with E-state index in [0.717, 1.165) is 31.7 Å². The fourth-order valence-electron chi connectivity index (χ4n) is 2.46. The third-order valence-electron chi connectivity index (χ3n) is 3.53. The fourth-order valence-corrected chi connectivity index (χ4v) is 2.46. The lowest BCUT2D eigenvalue weighted by molar-refractivity contribution is 0.253. The second-order valence-electron chi connectivity index (χ2n) is 4.94. The Morgan fingerprint density at radius 1 is 1.33 bits per heavy atom. The van der Waals surface area contributed by atoms with Crippen LogP contribution in [0.25, 0.3) is 0 Å². The van der Waals surface area contributed by atoms with E-state index in [-0.39, 0.29) is 11.5 Å². The van der Waals surface area contributed by atoms with E-state index in [1.807, 2.05) is 6.07 Å². The number of phenols is 2. The molecule has 0 aliphatic carbocycles. The van der Waals surface area contributed by atoms with Crippen molar-refractivity contribution >= 4 is 0 Å². The Morgan fingerprint density at radius 2 is 2.17 bits per heavy atom. The van der Waals surface area contributed by atoms with Crippen LogP contribution in [0.4, 0.5) is 0 Å². The predicted octanol–water partition coefficient (Wildman–Crippen LogP) is 1.67. The van der Waals surface area contributed by atoms with Gasteiger partial charge in [0.05, 0.1) is 0 Å². The summed E-state index contributed by atoms with van der Waals surface area (Å²) in [5.74, 6) is -0.0956. The SMILES string of the molecule is CCN(Cc1ccc(O)c(O)c1)CC1CCCN1. The monoisotopic (exact) mass is 250 g/mol. The Morgan fingerprint density at radius 3 is 2.78 bits per heavy atom. The van der Waals surface area contributed by atoms with E-state index >= 15 is 0 Å². The molecule has 0 radical (unpaired) electrons. The average Bonchev–Trinajstić information content (AvgIpc) is 2.86. The maximum absolute atomic E-state index is 9.49. The summed E-state index contributed by atoms with van der Waals surface area (Å²) in [6, 6.07) is 5.64. The summed E-state index contributed by atoms with van der Waals surface area (Å²) >= 11 is 0. The van der Waals surface area contributed by atoms with E-state index in [9.17, 15) is 10.2 Å². The molecular formula is C14H22N2O2. The maximum Gasteiger partial charge on any atom is 0.157 e. The van der Waals surface area contributed by atoms with E-state index in [4.69, 9.17) is 0 Å². The lowest BCUT2D eigenvalue weighted by Crippen LogP contribution is -2.37. The molecule has 0 amide bonds. The number of hydrogen-bond donors (Lipinski definition) is 3. The van der Waals surface area contributed by atoms with Crippen molar-refractivity contribution in [3.8, 4) is 11.5 Å². The first kappa shape index (κ1) is 13.2. The molecule has 100 valence electrons. The molecule has 4 heteroatoms. The first-order valence-corrected chi connectivity index (χ1v) is 6.65. The van der Waals surface area contributed by atoms with Gasteiger partial charge in [-0.3, -0.25) is 4.90 Å². The van der Waals surface area contributed by atoms with Crippen molar-refractivity contribution in [1.82, 2.24) is 10.2 Å². The van der Waals surface area contributed by atoms with E-state index in [1.54, 1.807) is 12.1 Å². The van der Waals surface area contributed by atoms with Crippen molar-refractivity contribution in [1.29, 1.82) is 0 Å². The number of phenolic OH excluding ortho intramolecular Hbond substituents is 2. The zero-order chi connectivity index (χ0) is 13.0. The molecule has 0 bridgehead atoms. The zero-order valence-corrected chi connectivity index (χ0v) is 10.9. The quantitative estimate of drug-likeness (QED) is 0.696. The molecule has 0 spiro atoms. The number of likely N-dealkylation sites (N-methyl/N-ethyl adjacent to an activating group) is 1. The molecule has 4 nitrogen and oxygen atoms in total. The van der Waals surface area contributed by atoms with Crippen LogP contribution in [0.3, 0.4) is 0 Å². The van der Waals surface area contributed by atoms with Gasteiger partial charge in [-0.25, -0.2) is 0 Å². The van der Waals surface area contributed by atoms with Gasteiger partial charge in [0.1, 0.15) is 0 Å². The van der Waals surface area contributed by atoms with Crippen LogP contribution in [0.5, 0.6) is 11.5 Å². The van der Waals surface area contributed by atoms with E-state index in [2.05, 4.69) is 17.1 Å². The first-order valence-electron chi connectivity index (χ1n) is 6.65. The minimum atomic E-state index is -0.0562. The molecule has 1 aliphatic heterocycles. The zero-order valence-electron chi connectivity index (χ0n) is 10.9. The molecule has 2 rings (SSSR count). The molecule has 1 fully saturated rings. The molecule has 1 aromatic rings. The number of benzene rings is 1. The van der Waals surface area contributed by atoms with Crippen molar-refractivity contribution in [2.75, 3.05) is 19.6 Å². The summed E-state index contributed by atoms with van der Waals surface area (Å²) in [6.45, 7) is 6.11. The number of hydrogen-bond acceptors (Lipinski definition) is 4. The van der Waals surface area contributed by atoms with Crippen LogP contribution in [-0.4, -0.2) is 40.8 Å². The Hall–Kier alpha value is -1.26. The van der Waals surface area contributed by atoms with Gasteiger partial charge >= 0.3 is 0 Å². The van der Waals surface area contributed by atoms with Gasteiger partial charge in [0.25, 0.3) is 0 Å². The molecule has 18 heavy (non-hydrogen) atoms. The second kappa shape index (κ2) is 6.07. The number of rotatable bonds is 5. The molecule has 1 heterocycles. The highest BCUT2D eigenvalue weighted by molar-refractivity contribution is 5.40. The van der Waals surface area contributed by atoms with Gasteiger partial charge in [-0.2, -0.15) is 0 Å². The predicted molar refractivity (Wildman–Crippen MR) is 71.7 cm³/mol. The molecule has 0 aromatic heterocycles. The lowest BCUT2D eigenvalue weighted by atomic mass is 10.1. The molecule has 1 unspecified atom stereocenters. The first-order chi connectivity index (χ1) is 8.69. The van der Waals surface area contributed by atoms with E-state index in [0.29, 0.717) is 6.04 Å². The van der Waals surface area contributed by atoms with Crippen molar-refractivity contribution < 1.29 is 10.2 Å². The molecule has 1 aliphatic rings. The van der Waals surface area contributed by atoms with Crippen LogP contribution in [0, 0.1) is 0 Å². The van der Waals surface area contributed by atoms with Gasteiger partial charge < -0.3 is 15.5 Å². The van der Waals surface area contributed by atoms with Gasteiger partial charge in [-0.05, 0) is 43.6 Å². The molecule has 1 atom stereocenters. The normalized spacial score (nSPS) is 19.6. The molecule has 3 N–H and O–H groups in total. The highest BCUT2D eigenvalue weighted by Crippen LogP contribution is 2.25. The number of aromatic hydroxyl groups is 2. The van der Waals surface area contributed by atoms with Crippen molar-refractivity contribution in [3.05, 3.63) is 23.8 Å². The van der Waals surface area contributed by atoms with Crippen molar-refractivity contribution in [2.45, 2.75) is 32.4 Å². The van der Waals surface area contributed by atoms with Crippen LogP contribution in [0.15, 0.2) is 18.2 Å². The van der Waals surface area contributed by atoms with E-state index in [1.165, 1.54) is 12.8 Å². The van der Waals surface area contributed by atoms with E-state index < -0.39 is 0 Å². The largest absolute Gasteiger partial charge is 0.504 e. The lowest BCUT2D eigenvalue weighted by Gasteiger charge is -2.24. The molecular weight excluding hydrogens is 228 g/mol. The summed E-state index contributed by atoms with van der Waals surface area (Å²) in [4.78, 5) is 2.36. The Balaban J connectivity index is 1.94. The van der Waals surface area contributed by atoms with Gasteiger partial charge in [-0.15, -0.1) is 0 Å². The minimum absolute atomic E-state index is 0.0393. The molecule has 0 saturated carbocycles. The summed E-state index contributed by atoms with van der Waals surface area (Å²) in [7, 11) is 0. The summed E-state index contributed by atoms with van der Waals surface area (Å²) in [5, 5.41) is 22.3. The van der Waals surface area contributed by atoms with Crippen LogP contribution in [0.1, 0.15) is 25.3 Å². The Kier molecular flexibility index (Phi) is 4.44. The standard InChI is InChI=1S/C14H22N2O2/c1-2-16(10-12-4-3-7-15-12)9-11-5-6-13(17)14(18)8-11/h5-6,8,12,15,17-18H,2-4,7,9-10H2,1H3. The van der Waals surface area contributed by atoms with Gasteiger partial charge in [0, 0.05) is 19.1 Å². The van der Waals surface area contributed by atoms with Crippen LogP contribution >= 0.6 is 0 Å². The third kappa shape index (κ3) is 3.37. The van der Waals surface area contributed by atoms with Crippen LogP contribution < -0.4 is 5.32 Å². The summed E-state index contributed by atoms with van der Waals surface area (Å²) < 4.78 is 0. The summed E-state index contributed by atoms with van der Waals surface area (Å²) in [5.41, 5.74) is 1.03. The minimum Gasteiger partial charge on any atom is -0.504 e. The average molecular weight is 250 g/mol. The summed E-state index contributed by atoms with van der Waals surface area (Å²) in [6.07, 6.45) is 2.51. The Bertz CT molecular complexity index is 389. The number of nitrogens with zero attached hydrogens (tertiary/aromatic N) is 1. The Labute approximate surface area is 108 Å². The second-order valence-corrected chi connectivity index (χ2v) is 4.94. The fraction of sp³-hybridized carbons (Fsp3) is 0.571. The van der Waals surface area contributed by atoms with Crippen molar-refractivity contribution in [2.24, 2.45) is 0 Å². The smallest absolute Gasteiger partial charge is 0.157 e. The highest BCUT2D eigenvalue weighted by Gasteiger charge is 2.17. The maximum atomic E-state index is 9.49. The van der Waals surface area contributed by atoms with Crippen molar-refractivity contribution in [3.63, 3.8) is 0 Å². The number of nitrogens with one attached hydrogen (secondary N) is 1.